The molecule has 1 fully saturated rings. The van der Waals surface area contributed by atoms with Gasteiger partial charge in [-0.25, -0.2) is 14.4 Å². The molecule has 3 heterocycles. The van der Waals surface area contributed by atoms with Crippen LogP contribution in [0.3, 0.4) is 0 Å². The standard InChI is InChI=1S/C19H20FN5OS2/c20-15-4-2-14(3-5-15)16-13-28-18(22-16)23-17(26)12-24-7-1-8-25(10-9-24)19-21-6-11-27-19/h2-6,11,13H,1,7-10,12H2,(H,22,23,26). The number of thiazole rings is 2. The minimum Gasteiger partial charge on any atom is -0.347 e. The predicted molar refractivity (Wildman–Crippen MR) is 112 cm³/mol. The van der Waals surface area contributed by atoms with Gasteiger partial charge in [0.1, 0.15) is 5.82 Å². The van der Waals surface area contributed by atoms with Gasteiger partial charge >= 0.3 is 0 Å². The minimum atomic E-state index is -0.279. The lowest BCUT2D eigenvalue weighted by molar-refractivity contribution is -0.117. The number of amides is 1. The summed E-state index contributed by atoms with van der Waals surface area (Å²) in [6.45, 7) is 3.88. The summed E-state index contributed by atoms with van der Waals surface area (Å²) in [5.74, 6) is -0.346. The second kappa shape index (κ2) is 8.76. The van der Waals surface area contributed by atoms with Gasteiger partial charge in [-0.3, -0.25) is 9.69 Å². The molecule has 0 saturated carbocycles. The molecule has 0 radical (unpaired) electrons. The maximum atomic E-state index is 13.0. The van der Waals surface area contributed by atoms with Crippen LogP contribution < -0.4 is 10.2 Å². The molecule has 1 amide bonds. The molecule has 28 heavy (non-hydrogen) atoms. The molecule has 1 aromatic carbocycles. The molecule has 146 valence electrons. The van der Waals surface area contributed by atoms with Gasteiger partial charge < -0.3 is 10.2 Å². The first-order valence-electron chi connectivity index (χ1n) is 9.05. The van der Waals surface area contributed by atoms with Crippen molar-refractivity contribution in [2.24, 2.45) is 0 Å². The van der Waals surface area contributed by atoms with E-state index in [1.54, 1.807) is 23.5 Å². The quantitative estimate of drug-likeness (QED) is 0.688. The fourth-order valence-corrected chi connectivity index (χ4v) is 4.57. The largest absolute Gasteiger partial charge is 0.347 e. The Balaban J connectivity index is 1.30. The first kappa shape index (κ1) is 19.0. The number of halogens is 1. The Morgan fingerprint density at radius 3 is 2.79 bits per heavy atom. The lowest BCUT2D eigenvalue weighted by atomic mass is 10.2. The maximum Gasteiger partial charge on any atom is 0.240 e. The van der Waals surface area contributed by atoms with E-state index >= 15 is 0 Å². The van der Waals surface area contributed by atoms with Crippen molar-refractivity contribution in [1.82, 2.24) is 14.9 Å². The van der Waals surface area contributed by atoms with Crippen molar-refractivity contribution >= 4 is 38.8 Å². The van der Waals surface area contributed by atoms with Crippen molar-refractivity contribution in [2.45, 2.75) is 6.42 Å². The van der Waals surface area contributed by atoms with E-state index in [-0.39, 0.29) is 11.7 Å². The summed E-state index contributed by atoms with van der Waals surface area (Å²) in [6, 6.07) is 6.17. The Bertz CT molecular complexity index is 913. The Labute approximate surface area is 170 Å². The fourth-order valence-electron chi connectivity index (χ4n) is 3.14. The number of anilines is 2. The predicted octanol–water partition coefficient (Wildman–Crippen LogP) is 3.56. The first-order chi connectivity index (χ1) is 13.7. The van der Waals surface area contributed by atoms with Crippen molar-refractivity contribution in [1.29, 1.82) is 0 Å². The van der Waals surface area contributed by atoms with Gasteiger partial charge in [0, 0.05) is 48.7 Å². The third-order valence-electron chi connectivity index (χ3n) is 4.54. The van der Waals surface area contributed by atoms with Gasteiger partial charge in [-0.1, -0.05) is 0 Å². The summed E-state index contributed by atoms with van der Waals surface area (Å²) >= 11 is 3.02. The third kappa shape index (κ3) is 4.73. The molecule has 1 aliphatic rings. The van der Waals surface area contributed by atoms with Crippen LogP contribution in [-0.2, 0) is 4.79 Å². The zero-order valence-electron chi connectivity index (χ0n) is 15.2. The molecule has 1 aliphatic heterocycles. The van der Waals surface area contributed by atoms with E-state index in [0.29, 0.717) is 11.7 Å². The monoisotopic (exact) mass is 417 g/mol. The molecular formula is C19H20FN5OS2. The summed E-state index contributed by atoms with van der Waals surface area (Å²) in [4.78, 5) is 25.7. The van der Waals surface area contributed by atoms with Gasteiger partial charge in [-0.2, -0.15) is 0 Å². The first-order valence-corrected chi connectivity index (χ1v) is 10.8. The average molecular weight is 418 g/mol. The van der Waals surface area contributed by atoms with Crippen molar-refractivity contribution in [3.63, 3.8) is 0 Å². The number of hydrogen-bond acceptors (Lipinski definition) is 7. The van der Waals surface area contributed by atoms with Gasteiger partial charge in [0.25, 0.3) is 0 Å². The highest BCUT2D eigenvalue weighted by Crippen LogP contribution is 2.25. The lowest BCUT2D eigenvalue weighted by Crippen LogP contribution is -2.36. The van der Waals surface area contributed by atoms with Crippen LogP contribution in [0.25, 0.3) is 11.3 Å². The summed E-state index contributed by atoms with van der Waals surface area (Å²) < 4.78 is 13.0. The number of benzene rings is 1. The molecule has 6 nitrogen and oxygen atoms in total. The van der Waals surface area contributed by atoms with Gasteiger partial charge in [-0.15, -0.1) is 22.7 Å². The van der Waals surface area contributed by atoms with E-state index in [0.717, 1.165) is 49.0 Å². The minimum absolute atomic E-state index is 0.0669. The zero-order valence-corrected chi connectivity index (χ0v) is 16.8. The number of carbonyl (C=O) groups excluding carboxylic acids is 1. The molecule has 0 aliphatic carbocycles. The summed E-state index contributed by atoms with van der Waals surface area (Å²) in [5, 5.41) is 8.33. The summed E-state index contributed by atoms with van der Waals surface area (Å²) in [7, 11) is 0. The highest BCUT2D eigenvalue weighted by Gasteiger charge is 2.19. The van der Waals surface area contributed by atoms with Gasteiger partial charge in [0.2, 0.25) is 5.91 Å². The molecular weight excluding hydrogens is 397 g/mol. The fraction of sp³-hybridized carbons (Fsp3) is 0.316. The van der Waals surface area contributed by atoms with Crippen LogP contribution >= 0.6 is 22.7 Å². The lowest BCUT2D eigenvalue weighted by Gasteiger charge is -2.20. The number of nitrogens with zero attached hydrogens (tertiary/aromatic N) is 4. The van der Waals surface area contributed by atoms with Crippen molar-refractivity contribution in [3.8, 4) is 11.3 Å². The van der Waals surface area contributed by atoms with Crippen LogP contribution in [0.15, 0.2) is 41.2 Å². The van der Waals surface area contributed by atoms with Gasteiger partial charge in [0.15, 0.2) is 10.3 Å². The second-order valence-electron chi connectivity index (χ2n) is 6.52. The molecule has 1 saturated heterocycles. The Kier molecular flexibility index (Phi) is 5.94. The van der Waals surface area contributed by atoms with E-state index in [1.165, 1.54) is 23.5 Å². The van der Waals surface area contributed by atoms with Crippen molar-refractivity contribution in [3.05, 3.63) is 47.0 Å². The topological polar surface area (TPSA) is 61.4 Å². The zero-order chi connectivity index (χ0) is 19.3. The van der Waals surface area contributed by atoms with Gasteiger partial charge in [-0.05, 0) is 30.7 Å². The number of aromatic nitrogens is 2. The van der Waals surface area contributed by atoms with E-state index < -0.39 is 0 Å². The molecule has 0 spiro atoms. The highest BCUT2D eigenvalue weighted by molar-refractivity contribution is 7.14. The Morgan fingerprint density at radius 1 is 1.14 bits per heavy atom. The third-order valence-corrected chi connectivity index (χ3v) is 6.13. The molecule has 2 aromatic heterocycles. The molecule has 1 N–H and O–H groups in total. The molecule has 9 heteroatoms. The molecule has 0 bridgehead atoms. The summed E-state index contributed by atoms with van der Waals surface area (Å²) in [6.07, 6.45) is 2.82. The molecule has 0 unspecified atom stereocenters. The van der Waals surface area contributed by atoms with Crippen molar-refractivity contribution < 1.29 is 9.18 Å². The maximum absolute atomic E-state index is 13.0. The number of hydrogen-bond donors (Lipinski definition) is 1. The molecule has 3 aromatic rings. The van der Waals surface area contributed by atoms with E-state index in [2.05, 4.69) is 25.1 Å². The van der Waals surface area contributed by atoms with E-state index in [9.17, 15) is 9.18 Å². The van der Waals surface area contributed by atoms with Crippen LogP contribution in [0, 0.1) is 5.82 Å². The number of nitrogens with one attached hydrogen (secondary N) is 1. The SMILES string of the molecule is O=C(CN1CCCN(c2nccs2)CC1)Nc1nc(-c2ccc(F)cc2)cs1. The number of carbonyl (C=O) groups is 1. The molecule has 0 atom stereocenters. The van der Waals surface area contributed by atoms with Crippen LogP contribution in [0.5, 0.6) is 0 Å². The average Bonchev–Trinajstić information content (AvgIpc) is 3.32. The van der Waals surface area contributed by atoms with E-state index in [4.69, 9.17) is 0 Å². The molecule has 4 rings (SSSR count). The van der Waals surface area contributed by atoms with Crippen LogP contribution in [0.2, 0.25) is 0 Å². The smallest absolute Gasteiger partial charge is 0.240 e. The summed E-state index contributed by atoms with van der Waals surface area (Å²) in [5.41, 5.74) is 1.56. The van der Waals surface area contributed by atoms with Crippen LogP contribution in [0.1, 0.15) is 6.42 Å². The Hall–Kier alpha value is -2.36. The van der Waals surface area contributed by atoms with Crippen LogP contribution in [-0.4, -0.2) is 53.5 Å². The highest BCUT2D eigenvalue weighted by atomic mass is 32.1. The normalized spacial score (nSPS) is 15.4. The second-order valence-corrected chi connectivity index (χ2v) is 8.26. The number of rotatable bonds is 5. The van der Waals surface area contributed by atoms with Crippen molar-refractivity contribution in [2.75, 3.05) is 42.9 Å². The Morgan fingerprint density at radius 2 is 2.00 bits per heavy atom. The van der Waals surface area contributed by atoms with E-state index in [1.807, 2.05) is 17.0 Å². The van der Waals surface area contributed by atoms with Gasteiger partial charge in [0.05, 0.1) is 12.2 Å². The van der Waals surface area contributed by atoms with Crippen LogP contribution in [0.4, 0.5) is 14.7 Å².